The first-order chi connectivity index (χ1) is 7.22. The Morgan fingerprint density at radius 2 is 2.40 bits per heavy atom. The molecule has 1 heterocycles. The lowest BCUT2D eigenvalue weighted by molar-refractivity contribution is -0.150. The molecule has 1 N–H and O–H groups in total. The lowest BCUT2D eigenvalue weighted by Crippen LogP contribution is -2.13. The van der Waals surface area contributed by atoms with Crippen molar-refractivity contribution in [3.8, 4) is 0 Å². The van der Waals surface area contributed by atoms with Crippen LogP contribution in [0.3, 0.4) is 0 Å². The number of benzene rings is 1. The van der Waals surface area contributed by atoms with Gasteiger partial charge < -0.3 is 9.84 Å². The Bertz CT molecular complexity index is 389. The van der Waals surface area contributed by atoms with Crippen LogP contribution in [-0.2, 0) is 16.0 Å². The molecule has 0 spiro atoms. The highest BCUT2D eigenvalue weighted by atomic mass is 32.2. The number of carbonyl (C=O) groups is 1. The van der Waals surface area contributed by atoms with E-state index in [1.807, 2.05) is 12.1 Å². The topological polar surface area (TPSA) is 46.5 Å². The van der Waals surface area contributed by atoms with E-state index in [0.717, 1.165) is 17.1 Å². The minimum atomic E-state index is -1.17. The van der Waals surface area contributed by atoms with Crippen LogP contribution in [0.2, 0.25) is 0 Å². The van der Waals surface area contributed by atoms with Gasteiger partial charge in [-0.2, -0.15) is 0 Å². The Hall–Kier alpha value is -1.00. The molecule has 3 nitrogen and oxygen atoms in total. The Morgan fingerprint density at radius 3 is 3.13 bits per heavy atom. The predicted molar refractivity (Wildman–Crippen MR) is 57.8 cm³/mol. The highest BCUT2D eigenvalue weighted by molar-refractivity contribution is 7.99. The van der Waals surface area contributed by atoms with Gasteiger partial charge >= 0.3 is 5.97 Å². The van der Waals surface area contributed by atoms with E-state index in [1.165, 1.54) is 12.7 Å². The molecule has 4 heteroatoms. The van der Waals surface area contributed by atoms with Crippen molar-refractivity contribution in [2.45, 2.75) is 17.4 Å². The highest BCUT2D eigenvalue weighted by Crippen LogP contribution is 2.33. The molecule has 0 amide bonds. The normalized spacial score (nSPS) is 15.9. The summed E-state index contributed by atoms with van der Waals surface area (Å²) in [4.78, 5) is 12.3. The smallest absolute Gasteiger partial charge is 0.339 e. The molecule has 1 aromatic carbocycles. The standard InChI is InChI=1S/C11H12O3S/c1-14-11(13)10(12)8-3-2-7-4-5-15-9(7)6-8/h2-3,6,10,12H,4-5H2,1H3. The van der Waals surface area contributed by atoms with Crippen molar-refractivity contribution in [3.63, 3.8) is 0 Å². The number of rotatable bonds is 2. The second-order valence-corrected chi connectivity index (χ2v) is 4.53. The Balaban J connectivity index is 2.26. The molecule has 0 saturated heterocycles. The highest BCUT2D eigenvalue weighted by Gasteiger charge is 2.20. The third-order valence-corrected chi connectivity index (χ3v) is 3.56. The lowest BCUT2D eigenvalue weighted by atomic mass is 10.1. The van der Waals surface area contributed by atoms with E-state index in [0.29, 0.717) is 5.56 Å². The molecule has 0 saturated carbocycles. The maximum absolute atomic E-state index is 11.1. The summed E-state index contributed by atoms with van der Waals surface area (Å²) >= 11 is 1.76. The van der Waals surface area contributed by atoms with Gasteiger partial charge in [-0.1, -0.05) is 12.1 Å². The van der Waals surface area contributed by atoms with E-state index >= 15 is 0 Å². The minimum Gasteiger partial charge on any atom is -0.467 e. The average Bonchev–Trinajstić information content (AvgIpc) is 2.73. The van der Waals surface area contributed by atoms with Gasteiger partial charge in [0.1, 0.15) is 0 Å². The molecule has 0 radical (unpaired) electrons. The number of aliphatic hydroxyl groups is 1. The molecular formula is C11H12O3S. The fraction of sp³-hybridized carbons (Fsp3) is 0.364. The van der Waals surface area contributed by atoms with Crippen LogP contribution in [0.1, 0.15) is 17.2 Å². The van der Waals surface area contributed by atoms with Crippen molar-refractivity contribution in [2.75, 3.05) is 12.9 Å². The first-order valence-electron chi connectivity index (χ1n) is 4.74. The van der Waals surface area contributed by atoms with Gasteiger partial charge in [0.25, 0.3) is 0 Å². The van der Waals surface area contributed by atoms with Crippen LogP contribution < -0.4 is 0 Å². The summed E-state index contributed by atoms with van der Waals surface area (Å²) in [5, 5.41) is 9.64. The quantitative estimate of drug-likeness (QED) is 0.774. The Morgan fingerprint density at radius 1 is 1.60 bits per heavy atom. The molecule has 1 aliphatic heterocycles. The van der Waals surface area contributed by atoms with E-state index in [1.54, 1.807) is 17.8 Å². The van der Waals surface area contributed by atoms with Crippen LogP contribution in [0.4, 0.5) is 0 Å². The molecule has 15 heavy (non-hydrogen) atoms. The van der Waals surface area contributed by atoms with E-state index in [-0.39, 0.29) is 0 Å². The maximum atomic E-state index is 11.1. The van der Waals surface area contributed by atoms with Crippen molar-refractivity contribution in [2.24, 2.45) is 0 Å². The minimum absolute atomic E-state index is 0.606. The fourth-order valence-corrected chi connectivity index (χ4v) is 2.72. The van der Waals surface area contributed by atoms with Crippen LogP contribution in [0.15, 0.2) is 23.1 Å². The second-order valence-electron chi connectivity index (χ2n) is 3.39. The molecule has 1 atom stereocenters. The van der Waals surface area contributed by atoms with Gasteiger partial charge in [-0.3, -0.25) is 0 Å². The molecule has 0 bridgehead atoms. The van der Waals surface area contributed by atoms with Gasteiger partial charge in [-0.15, -0.1) is 11.8 Å². The van der Waals surface area contributed by atoms with Gasteiger partial charge in [-0.05, 0) is 23.6 Å². The molecule has 1 aromatic rings. The molecule has 1 aliphatic rings. The summed E-state index contributed by atoms with van der Waals surface area (Å²) < 4.78 is 4.49. The van der Waals surface area contributed by atoms with Gasteiger partial charge in [-0.25, -0.2) is 4.79 Å². The zero-order valence-electron chi connectivity index (χ0n) is 8.40. The maximum Gasteiger partial charge on any atom is 0.339 e. The summed E-state index contributed by atoms with van der Waals surface area (Å²) in [7, 11) is 1.27. The van der Waals surface area contributed by atoms with Crippen LogP contribution in [0.25, 0.3) is 0 Å². The van der Waals surface area contributed by atoms with Crippen LogP contribution in [0.5, 0.6) is 0 Å². The van der Waals surface area contributed by atoms with Crippen LogP contribution in [0, 0.1) is 0 Å². The summed E-state index contributed by atoms with van der Waals surface area (Å²) in [5.74, 6) is 0.463. The summed E-state index contributed by atoms with van der Waals surface area (Å²) in [5.41, 5.74) is 1.90. The monoisotopic (exact) mass is 224 g/mol. The van der Waals surface area contributed by atoms with Crippen molar-refractivity contribution in [1.29, 1.82) is 0 Å². The largest absolute Gasteiger partial charge is 0.467 e. The molecule has 80 valence electrons. The predicted octanol–water partition coefficient (Wildman–Crippen LogP) is 1.54. The Kier molecular flexibility index (Phi) is 2.98. The van der Waals surface area contributed by atoms with Crippen LogP contribution in [-0.4, -0.2) is 23.9 Å². The number of aryl methyl sites for hydroxylation is 1. The van der Waals surface area contributed by atoms with Crippen molar-refractivity contribution < 1.29 is 14.6 Å². The number of hydrogen-bond donors (Lipinski definition) is 1. The van der Waals surface area contributed by atoms with E-state index in [2.05, 4.69) is 4.74 Å². The second kappa shape index (κ2) is 4.24. The number of methoxy groups -OCH3 is 1. The molecule has 2 rings (SSSR count). The molecular weight excluding hydrogens is 212 g/mol. The summed E-state index contributed by atoms with van der Waals surface area (Å²) in [6.07, 6.45) is -0.101. The summed E-state index contributed by atoms with van der Waals surface area (Å²) in [6.45, 7) is 0. The van der Waals surface area contributed by atoms with Crippen LogP contribution >= 0.6 is 11.8 Å². The van der Waals surface area contributed by atoms with Gasteiger partial charge in [0.2, 0.25) is 0 Å². The number of esters is 1. The number of carbonyl (C=O) groups excluding carboxylic acids is 1. The molecule has 1 unspecified atom stereocenters. The molecule has 0 fully saturated rings. The van der Waals surface area contributed by atoms with Crippen molar-refractivity contribution in [3.05, 3.63) is 29.3 Å². The fourth-order valence-electron chi connectivity index (χ4n) is 1.60. The Labute approximate surface area is 92.4 Å². The molecule has 0 aliphatic carbocycles. The van der Waals surface area contributed by atoms with E-state index < -0.39 is 12.1 Å². The number of ether oxygens (including phenoxy) is 1. The van der Waals surface area contributed by atoms with Crippen molar-refractivity contribution in [1.82, 2.24) is 0 Å². The zero-order valence-corrected chi connectivity index (χ0v) is 9.21. The first kappa shape index (κ1) is 10.5. The lowest BCUT2D eigenvalue weighted by Gasteiger charge is -2.09. The van der Waals surface area contributed by atoms with E-state index in [9.17, 15) is 9.90 Å². The number of hydrogen-bond acceptors (Lipinski definition) is 4. The third kappa shape index (κ3) is 2.01. The number of fused-ring (bicyclic) bond motifs is 1. The van der Waals surface area contributed by atoms with Crippen molar-refractivity contribution >= 4 is 17.7 Å². The zero-order chi connectivity index (χ0) is 10.8. The number of thioether (sulfide) groups is 1. The van der Waals surface area contributed by atoms with Gasteiger partial charge in [0.15, 0.2) is 6.10 Å². The van der Waals surface area contributed by atoms with E-state index in [4.69, 9.17) is 0 Å². The SMILES string of the molecule is COC(=O)C(O)c1ccc2c(c1)SCC2. The van der Waals surface area contributed by atoms with Gasteiger partial charge in [0, 0.05) is 10.6 Å². The third-order valence-electron chi connectivity index (χ3n) is 2.46. The first-order valence-corrected chi connectivity index (χ1v) is 5.72. The average molecular weight is 224 g/mol. The van der Waals surface area contributed by atoms with Gasteiger partial charge in [0.05, 0.1) is 7.11 Å². The number of aliphatic hydroxyl groups excluding tert-OH is 1. The summed E-state index contributed by atoms with van der Waals surface area (Å²) in [6, 6.07) is 5.62. The molecule has 0 aromatic heterocycles.